The molecule has 2 aliphatic rings. The van der Waals surface area contributed by atoms with Crippen LogP contribution in [0.5, 0.6) is 0 Å². The fraction of sp³-hybridized carbons (Fsp3) is 0.333. The highest BCUT2D eigenvalue weighted by molar-refractivity contribution is 5.85. The third-order valence-corrected chi connectivity index (χ3v) is 1.93. The third kappa shape index (κ3) is 1.57. The van der Waals surface area contributed by atoms with Gasteiger partial charge in [-0.05, 0) is 0 Å². The Bertz CT molecular complexity index is 425. The molecule has 0 saturated carbocycles. The second kappa shape index (κ2) is 3.48. The van der Waals surface area contributed by atoms with Crippen LogP contribution in [0, 0.1) is 20.2 Å². The van der Waals surface area contributed by atoms with Gasteiger partial charge in [-0.2, -0.15) is 14.7 Å². The largest absolute Gasteiger partial charge is 0.472 e. The predicted molar refractivity (Wildman–Crippen MR) is 54.5 cm³/mol. The maximum absolute atomic E-state index is 10.8. The summed E-state index contributed by atoms with van der Waals surface area (Å²) >= 11 is 0. The molecule has 0 aromatic rings. The Morgan fingerprint density at radius 2 is 1.35 bits per heavy atom. The van der Waals surface area contributed by atoms with Crippen molar-refractivity contribution in [3.8, 4) is 0 Å². The van der Waals surface area contributed by atoms with Gasteiger partial charge in [0.05, 0.1) is 9.85 Å². The molecule has 0 radical (unpaired) electrons. The van der Waals surface area contributed by atoms with Crippen LogP contribution in [0.3, 0.4) is 0 Å². The Balaban J connectivity index is 2.36. The third-order valence-electron chi connectivity index (χ3n) is 1.93. The summed E-state index contributed by atoms with van der Waals surface area (Å²) in [5.41, 5.74) is 0. The summed E-state index contributed by atoms with van der Waals surface area (Å²) < 4.78 is 4.78. The Morgan fingerprint density at radius 1 is 0.941 bits per heavy atom. The molecule has 0 aliphatic carbocycles. The first kappa shape index (κ1) is 10.9. The highest BCUT2D eigenvalue weighted by Gasteiger charge is 2.59. The first-order chi connectivity index (χ1) is 8.01. The number of aliphatic imine (C=N–C) groups is 4. The van der Waals surface area contributed by atoms with Gasteiger partial charge in [0.1, 0.15) is 25.1 Å². The van der Waals surface area contributed by atoms with Crippen LogP contribution in [-0.4, -0.2) is 46.7 Å². The van der Waals surface area contributed by atoms with E-state index in [0.29, 0.717) is 0 Å². The highest BCUT2D eigenvalue weighted by atomic mass is 16.7. The van der Waals surface area contributed by atoms with E-state index in [9.17, 15) is 20.2 Å². The quantitative estimate of drug-likeness (QED) is 0.354. The maximum atomic E-state index is 10.8. The van der Waals surface area contributed by atoms with Crippen molar-refractivity contribution >= 4 is 25.1 Å². The lowest BCUT2D eigenvalue weighted by atomic mass is 10.4. The smallest absolute Gasteiger partial charge is 0.260 e. The Kier molecular flexibility index (Phi) is 2.24. The molecule has 0 fully saturated rings. The molecular weight excluding hydrogens is 236 g/mol. The summed E-state index contributed by atoms with van der Waals surface area (Å²) in [4.78, 5) is 33.2. The van der Waals surface area contributed by atoms with Crippen molar-refractivity contribution in [2.24, 2.45) is 20.0 Å². The molecule has 0 N–H and O–H groups in total. The van der Waals surface area contributed by atoms with E-state index in [-0.39, 0.29) is 0 Å². The first-order valence-electron chi connectivity index (χ1n) is 4.16. The average molecular weight is 240 g/mol. The van der Waals surface area contributed by atoms with E-state index in [1.165, 1.54) is 0 Å². The zero-order valence-electron chi connectivity index (χ0n) is 8.03. The van der Waals surface area contributed by atoms with E-state index >= 15 is 0 Å². The number of ether oxygens (including phenoxy) is 1. The summed E-state index contributed by atoms with van der Waals surface area (Å²) in [5, 5.41) is 21.7. The molecule has 0 aromatic carbocycles. The van der Waals surface area contributed by atoms with Gasteiger partial charge in [0.15, 0.2) is 0 Å². The van der Waals surface area contributed by atoms with Crippen LogP contribution in [0.25, 0.3) is 0 Å². The van der Waals surface area contributed by atoms with Gasteiger partial charge in [-0.25, -0.2) is 9.98 Å². The van der Waals surface area contributed by atoms with Crippen LogP contribution in [0.15, 0.2) is 20.0 Å². The standard InChI is InChI=1S/C6H4N6O5/c13-11(14)5(1-7-3-9-5)17-6(12(15)16)2-8-4-10-6/h1-4H. The van der Waals surface area contributed by atoms with Crippen LogP contribution < -0.4 is 0 Å². The minimum absolute atomic E-state index is 0.736. The number of nitro groups is 2. The van der Waals surface area contributed by atoms with Gasteiger partial charge < -0.3 is 0 Å². The SMILES string of the molecule is O=[N+]([O-])C1(OC2([N+](=O)[O-])C=NC=N2)C=NC=N1. The fourth-order valence-corrected chi connectivity index (χ4v) is 1.15. The predicted octanol–water partition coefficient (Wildman–Crippen LogP) is -0.911. The molecule has 0 saturated heterocycles. The second-order valence-electron chi connectivity index (χ2n) is 2.98. The van der Waals surface area contributed by atoms with Gasteiger partial charge in [0, 0.05) is 0 Å². The van der Waals surface area contributed by atoms with E-state index in [0.717, 1.165) is 25.1 Å². The Morgan fingerprint density at radius 3 is 1.59 bits per heavy atom. The molecule has 2 aliphatic heterocycles. The number of rotatable bonds is 4. The summed E-state index contributed by atoms with van der Waals surface area (Å²) in [6.07, 6.45) is 3.21. The molecule has 11 nitrogen and oxygen atoms in total. The van der Waals surface area contributed by atoms with Crippen molar-refractivity contribution in [2.45, 2.75) is 11.7 Å². The molecule has 88 valence electrons. The van der Waals surface area contributed by atoms with E-state index in [1.807, 2.05) is 0 Å². The van der Waals surface area contributed by atoms with Crippen LogP contribution in [0.4, 0.5) is 0 Å². The molecule has 0 spiro atoms. The number of nitrogens with zero attached hydrogens (tertiary/aromatic N) is 6. The van der Waals surface area contributed by atoms with E-state index in [4.69, 9.17) is 4.74 Å². The maximum Gasteiger partial charge on any atom is 0.472 e. The molecule has 2 rings (SSSR count). The molecule has 0 amide bonds. The van der Waals surface area contributed by atoms with Gasteiger partial charge in [0.25, 0.3) is 0 Å². The second-order valence-corrected chi connectivity index (χ2v) is 2.98. The van der Waals surface area contributed by atoms with Crippen molar-refractivity contribution in [2.75, 3.05) is 0 Å². The molecule has 0 bridgehead atoms. The lowest BCUT2D eigenvalue weighted by molar-refractivity contribution is -0.676. The van der Waals surface area contributed by atoms with Gasteiger partial charge in [-0.15, -0.1) is 0 Å². The van der Waals surface area contributed by atoms with Crippen LogP contribution in [-0.2, 0) is 4.74 Å². The van der Waals surface area contributed by atoms with Crippen molar-refractivity contribution in [3.63, 3.8) is 0 Å². The minimum Gasteiger partial charge on any atom is -0.260 e. The average Bonchev–Trinajstić information content (AvgIpc) is 2.88. The van der Waals surface area contributed by atoms with Crippen molar-refractivity contribution in [1.82, 2.24) is 0 Å². The minimum atomic E-state index is -2.44. The number of hydrogen-bond acceptors (Lipinski definition) is 9. The first-order valence-corrected chi connectivity index (χ1v) is 4.16. The Hall–Kier alpha value is -2.56. The molecular formula is C6H4N6O5. The van der Waals surface area contributed by atoms with E-state index in [1.54, 1.807) is 0 Å². The summed E-state index contributed by atoms with van der Waals surface area (Å²) in [5.74, 6) is -4.89. The van der Waals surface area contributed by atoms with Crippen LogP contribution in [0.2, 0.25) is 0 Å². The van der Waals surface area contributed by atoms with Crippen molar-refractivity contribution in [1.29, 1.82) is 0 Å². The van der Waals surface area contributed by atoms with Gasteiger partial charge in [-0.3, -0.25) is 20.2 Å². The van der Waals surface area contributed by atoms with Crippen molar-refractivity contribution < 1.29 is 14.6 Å². The summed E-state index contributed by atoms with van der Waals surface area (Å²) in [7, 11) is 0. The van der Waals surface area contributed by atoms with Crippen molar-refractivity contribution in [3.05, 3.63) is 20.2 Å². The molecule has 17 heavy (non-hydrogen) atoms. The molecule has 2 unspecified atom stereocenters. The zero-order chi connectivity index (χ0) is 12.5. The molecule has 0 aromatic heterocycles. The normalized spacial score (nSPS) is 33.4. The Labute approximate surface area is 92.6 Å². The van der Waals surface area contributed by atoms with Gasteiger partial charge in [-0.1, -0.05) is 0 Å². The lowest BCUT2D eigenvalue weighted by Crippen LogP contribution is -2.52. The van der Waals surface area contributed by atoms with E-state index in [2.05, 4.69) is 20.0 Å². The van der Waals surface area contributed by atoms with Gasteiger partial charge in [0.2, 0.25) is 0 Å². The molecule has 2 heterocycles. The number of hydrogen-bond donors (Lipinski definition) is 0. The zero-order valence-corrected chi connectivity index (χ0v) is 8.03. The molecule has 2 atom stereocenters. The van der Waals surface area contributed by atoms with E-state index < -0.39 is 21.5 Å². The topological polar surface area (TPSA) is 145 Å². The van der Waals surface area contributed by atoms with Crippen LogP contribution >= 0.6 is 0 Å². The highest BCUT2D eigenvalue weighted by Crippen LogP contribution is 2.26. The van der Waals surface area contributed by atoms with Gasteiger partial charge >= 0.3 is 11.7 Å². The summed E-state index contributed by atoms with van der Waals surface area (Å²) in [6.45, 7) is 0. The van der Waals surface area contributed by atoms with Crippen LogP contribution in [0.1, 0.15) is 0 Å². The monoisotopic (exact) mass is 240 g/mol. The fourth-order valence-electron chi connectivity index (χ4n) is 1.15. The molecule has 11 heteroatoms. The summed E-state index contributed by atoms with van der Waals surface area (Å²) in [6, 6.07) is 0. The lowest BCUT2D eigenvalue weighted by Gasteiger charge is -2.19.